The highest BCUT2D eigenvalue weighted by molar-refractivity contribution is 7.99. The van der Waals surface area contributed by atoms with Crippen LogP contribution < -0.4 is 5.32 Å². The molecule has 0 amide bonds. The normalized spacial score (nSPS) is 14.6. The molecule has 0 saturated carbocycles. The molecule has 0 fully saturated rings. The average Bonchev–Trinajstić information content (AvgIpc) is 2.38. The molecule has 0 aliphatic heterocycles. The summed E-state index contributed by atoms with van der Waals surface area (Å²) in [6.45, 7) is 7.39. The summed E-state index contributed by atoms with van der Waals surface area (Å²) < 4.78 is 0. The van der Waals surface area contributed by atoms with Crippen molar-refractivity contribution in [2.75, 3.05) is 19.3 Å². The third-order valence-corrected chi connectivity index (χ3v) is 4.30. The molecule has 2 unspecified atom stereocenters. The van der Waals surface area contributed by atoms with Gasteiger partial charge in [0, 0.05) is 11.4 Å². The van der Waals surface area contributed by atoms with E-state index in [1.54, 1.807) is 0 Å². The van der Waals surface area contributed by atoms with Crippen LogP contribution in [-0.2, 0) is 0 Å². The molecule has 0 radical (unpaired) electrons. The van der Waals surface area contributed by atoms with Gasteiger partial charge in [-0.25, -0.2) is 0 Å². The Morgan fingerprint density at radius 2 is 1.79 bits per heavy atom. The number of nitrogens with one attached hydrogen (secondary N) is 1. The fourth-order valence-corrected chi connectivity index (χ4v) is 3.09. The first kappa shape index (κ1) is 16.5. The number of hydrogen-bond donors (Lipinski definition) is 2. The van der Waals surface area contributed by atoms with E-state index in [4.69, 9.17) is 0 Å². The first-order valence-electron chi connectivity index (χ1n) is 7.10. The first-order valence-corrected chi connectivity index (χ1v) is 8.08. The molecule has 1 rings (SSSR count). The SMILES string of the molecule is CNCC(C)C(O)c1ccc(SCCC(C)C)cc1. The van der Waals surface area contributed by atoms with E-state index in [0.29, 0.717) is 0 Å². The third kappa shape index (κ3) is 5.98. The Hall–Kier alpha value is -0.510. The highest BCUT2D eigenvalue weighted by atomic mass is 32.2. The van der Waals surface area contributed by atoms with E-state index in [1.807, 2.05) is 18.8 Å². The van der Waals surface area contributed by atoms with E-state index in [0.717, 1.165) is 23.8 Å². The molecule has 1 aromatic carbocycles. The predicted molar refractivity (Wildman–Crippen MR) is 84.7 cm³/mol. The summed E-state index contributed by atoms with van der Waals surface area (Å²) in [5.41, 5.74) is 1.01. The molecule has 0 aromatic heterocycles. The molecule has 2 atom stereocenters. The summed E-state index contributed by atoms with van der Waals surface area (Å²) in [7, 11) is 1.91. The quantitative estimate of drug-likeness (QED) is 0.712. The van der Waals surface area contributed by atoms with Crippen molar-refractivity contribution >= 4 is 11.8 Å². The Balaban J connectivity index is 2.51. The fraction of sp³-hybridized carbons (Fsp3) is 0.625. The van der Waals surface area contributed by atoms with Crippen LogP contribution in [0.25, 0.3) is 0 Å². The van der Waals surface area contributed by atoms with Crippen molar-refractivity contribution in [3.8, 4) is 0 Å². The smallest absolute Gasteiger partial charge is 0.0827 e. The lowest BCUT2D eigenvalue weighted by Crippen LogP contribution is -2.22. The summed E-state index contributed by atoms with van der Waals surface area (Å²) in [5.74, 6) is 2.15. The van der Waals surface area contributed by atoms with Crippen LogP contribution in [0.5, 0.6) is 0 Å². The van der Waals surface area contributed by atoms with Crippen LogP contribution in [0.2, 0.25) is 0 Å². The zero-order chi connectivity index (χ0) is 14.3. The first-order chi connectivity index (χ1) is 9.04. The molecule has 3 heteroatoms. The van der Waals surface area contributed by atoms with E-state index >= 15 is 0 Å². The number of aliphatic hydroxyl groups is 1. The maximum atomic E-state index is 10.2. The van der Waals surface area contributed by atoms with Crippen LogP contribution in [-0.4, -0.2) is 24.5 Å². The number of benzene rings is 1. The van der Waals surface area contributed by atoms with Gasteiger partial charge in [0.05, 0.1) is 6.10 Å². The zero-order valence-electron chi connectivity index (χ0n) is 12.5. The Morgan fingerprint density at radius 1 is 1.16 bits per heavy atom. The maximum absolute atomic E-state index is 10.2. The van der Waals surface area contributed by atoms with Crippen molar-refractivity contribution in [3.05, 3.63) is 29.8 Å². The molecule has 0 bridgehead atoms. The molecule has 2 nitrogen and oxygen atoms in total. The van der Waals surface area contributed by atoms with Crippen LogP contribution in [0.15, 0.2) is 29.2 Å². The van der Waals surface area contributed by atoms with Crippen LogP contribution in [0.3, 0.4) is 0 Å². The van der Waals surface area contributed by atoms with Gasteiger partial charge >= 0.3 is 0 Å². The van der Waals surface area contributed by atoms with Crippen molar-refractivity contribution in [3.63, 3.8) is 0 Å². The highest BCUT2D eigenvalue weighted by Crippen LogP contribution is 2.25. The van der Waals surface area contributed by atoms with Crippen LogP contribution in [0.4, 0.5) is 0 Å². The minimum atomic E-state index is -0.387. The predicted octanol–water partition coefficient (Wildman–Crippen LogP) is 3.71. The van der Waals surface area contributed by atoms with Crippen molar-refractivity contribution in [2.24, 2.45) is 11.8 Å². The molecular weight excluding hydrogens is 254 g/mol. The number of thioether (sulfide) groups is 1. The van der Waals surface area contributed by atoms with Gasteiger partial charge < -0.3 is 10.4 Å². The van der Waals surface area contributed by atoms with Crippen molar-refractivity contribution < 1.29 is 5.11 Å². The molecule has 19 heavy (non-hydrogen) atoms. The second kappa shape index (κ2) is 8.62. The zero-order valence-corrected chi connectivity index (χ0v) is 13.3. The number of aliphatic hydroxyl groups excluding tert-OH is 1. The van der Waals surface area contributed by atoms with Crippen molar-refractivity contribution in [1.82, 2.24) is 5.32 Å². The minimum absolute atomic E-state index is 0.226. The Morgan fingerprint density at radius 3 is 2.32 bits per heavy atom. The molecule has 0 aliphatic rings. The van der Waals surface area contributed by atoms with Gasteiger partial charge in [0.1, 0.15) is 0 Å². The lowest BCUT2D eigenvalue weighted by atomic mass is 9.97. The summed E-state index contributed by atoms with van der Waals surface area (Å²) >= 11 is 1.89. The van der Waals surface area contributed by atoms with E-state index < -0.39 is 0 Å². The van der Waals surface area contributed by atoms with E-state index in [1.165, 1.54) is 11.3 Å². The van der Waals surface area contributed by atoms with Gasteiger partial charge in [-0.05, 0) is 48.8 Å². The lowest BCUT2D eigenvalue weighted by Gasteiger charge is -2.19. The van der Waals surface area contributed by atoms with Gasteiger partial charge in [0.15, 0.2) is 0 Å². The van der Waals surface area contributed by atoms with Gasteiger partial charge in [-0.1, -0.05) is 32.9 Å². The minimum Gasteiger partial charge on any atom is -0.388 e. The Kier molecular flexibility index (Phi) is 7.51. The molecule has 108 valence electrons. The summed E-state index contributed by atoms with van der Waals surface area (Å²) in [4.78, 5) is 1.29. The Bertz CT molecular complexity index is 350. The van der Waals surface area contributed by atoms with Gasteiger partial charge in [-0.2, -0.15) is 0 Å². The maximum Gasteiger partial charge on any atom is 0.0827 e. The van der Waals surface area contributed by atoms with E-state index in [-0.39, 0.29) is 12.0 Å². The molecule has 0 heterocycles. The Labute approximate surface area is 122 Å². The monoisotopic (exact) mass is 281 g/mol. The standard InChI is InChI=1S/C16H27NOS/c1-12(2)9-10-19-15-7-5-14(6-8-15)16(18)13(3)11-17-4/h5-8,12-13,16-18H,9-11H2,1-4H3. The van der Waals surface area contributed by atoms with Crippen LogP contribution >= 0.6 is 11.8 Å². The summed E-state index contributed by atoms with van der Waals surface area (Å²) in [5, 5.41) is 13.3. The molecule has 0 saturated heterocycles. The van der Waals surface area contributed by atoms with Crippen LogP contribution in [0, 0.1) is 11.8 Å². The molecule has 0 spiro atoms. The van der Waals surface area contributed by atoms with Crippen molar-refractivity contribution in [2.45, 2.75) is 38.2 Å². The summed E-state index contributed by atoms with van der Waals surface area (Å²) in [6.07, 6.45) is 0.857. The van der Waals surface area contributed by atoms with E-state index in [2.05, 4.69) is 50.4 Å². The molecular formula is C16H27NOS. The highest BCUT2D eigenvalue weighted by Gasteiger charge is 2.15. The fourth-order valence-electron chi connectivity index (χ4n) is 1.94. The second-order valence-electron chi connectivity index (χ2n) is 5.58. The third-order valence-electron chi connectivity index (χ3n) is 3.25. The number of rotatable bonds is 8. The summed E-state index contributed by atoms with van der Waals surface area (Å²) in [6, 6.07) is 8.34. The van der Waals surface area contributed by atoms with E-state index in [9.17, 15) is 5.11 Å². The molecule has 2 N–H and O–H groups in total. The average molecular weight is 281 g/mol. The molecule has 1 aromatic rings. The van der Waals surface area contributed by atoms with Gasteiger partial charge in [0.2, 0.25) is 0 Å². The number of hydrogen-bond acceptors (Lipinski definition) is 3. The lowest BCUT2D eigenvalue weighted by molar-refractivity contribution is 0.118. The van der Waals surface area contributed by atoms with Crippen LogP contribution in [0.1, 0.15) is 38.9 Å². The van der Waals surface area contributed by atoms with Crippen molar-refractivity contribution in [1.29, 1.82) is 0 Å². The van der Waals surface area contributed by atoms with Gasteiger partial charge in [-0.3, -0.25) is 0 Å². The topological polar surface area (TPSA) is 32.3 Å². The van der Waals surface area contributed by atoms with Gasteiger partial charge in [-0.15, -0.1) is 11.8 Å². The largest absolute Gasteiger partial charge is 0.388 e. The molecule has 0 aliphatic carbocycles. The second-order valence-corrected chi connectivity index (χ2v) is 6.75. The van der Waals surface area contributed by atoms with Gasteiger partial charge in [0.25, 0.3) is 0 Å².